The van der Waals surface area contributed by atoms with Gasteiger partial charge in [-0.1, -0.05) is 62.2 Å². The van der Waals surface area contributed by atoms with Gasteiger partial charge in [-0.05, 0) is 81.5 Å². The van der Waals surface area contributed by atoms with E-state index < -0.39 is 5.41 Å². The van der Waals surface area contributed by atoms with Crippen LogP contribution in [0.3, 0.4) is 0 Å². The van der Waals surface area contributed by atoms with Crippen LogP contribution in [-0.2, 0) is 11.8 Å². The van der Waals surface area contributed by atoms with E-state index in [0.29, 0.717) is 18.0 Å². The van der Waals surface area contributed by atoms with E-state index in [9.17, 15) is 9.65 Å². The highest BCUT2D eigenvalue weighted by Gasteiger charge is 2.42. The number of hydrogen-bond acceptors (Lipinski definition) is 2. The second-order valence-corrected chi connectivity index (χ2v) is 9.74. The summed E-state index contributed by atoms with van der Waals surface area (Å²) < 4.78 is 13.7. The zero-order valence-corrected chi connectivity index (χ0v) is 20.1. The number of rotatable bonds is 11. The molecule has 172 valence electrons. The van der Waals surface area contributed by atoms with E-state index >= 15 is 0 Å². The van der Waals surface area contributed by atoms with Gasteiger partial charge in [-0.25, -0.2) is 4.39 Å². The summed E-state index contributed by atoms with van der Waals surface area (Å²) in [6.07, 6.45) is 8.54. The highest BCUT2D eigenvalue weighted by molar-refractivity contribution is 5.34. The van der Waals surface area contributed by atoms with Gasteiger partial charge >= 0.3 is 0 Å². The Bertz CT molecular complexity index is 849. The molecular weight excluding hydrogens is 395 g/mol. The van der Waals surface area contributed by atoms with Gasteiger partial charge in [0, 0.05) is 18.6 Å². The maximum Gasteiger partial charge on any atom is 0.123 e. The van der Waals surface area contributed by atoms with Crippen LogP contribution in [0.4, 0.5) is 4.39 Å². The molecule has 0 amide bonds. The van der Waals surface area contributed by atoms with Crippen molar-refractivity contribution < 1.29 is 4.39 Å². The molecule has 3 heteroatoms. The molecule has 1 aliphatic carbocycles. The Hall–Kier alpha value is -2.18. The average molecular weight is 435 g/mol. The maximum atomic E-state index is 13.7. The predicted octanol–water partition coefficient (Wildman–Crippen LogP) is 7.29. The lowest BCUT2D eigenvalue weighted by atomic mass is 9.67. The van der Waals surface area contributed by atoms with E-state index in [1.165, 1.54) is 30.5 Å². The van der Waals surface area contributed by atoms with Crippen LogP contribution in [0.1, 0.15) is 76.8 Å². The number of nitrogens with zero attached hydrogens (tertiary/aromatic N) is 2. The molecule has 2 atom stereocenters. The summed E-state index contributed by atoms with van der Waals surface area (Å²) in [6, 6.07) is 21.1. The highest BCUT2D eigenvalue weighted by atomic mass is 19.1. The SMILES string of the molecule is CCC(CCC(C#N)(c1ccc(F)cc1)C1CCCC1)N(CCc1ccccc1)C(C)C. The third-order valence-electron chi connectivity index (χ3n) is 7.59. The zero-order chi connectivity index (χ0) is 23.0. The van der Waals surface area contributed by atoms with Crippen LogP contribution in [0.15, 0.2) is 54.6 Å². The minimum Gasteiger partial charge on any atom is -0.298 e. The van der Waals surface area contributed by atoms with Crippen LogP contribution in [0.2, 0.25) is 0 Å². The van der Waals surface area contributed by atoms with Gasteiger partial charge in [0.05, 0.1) is 11.5 Å². The number of halogens is 1. The van der Waals surface area contributed by atoms with Gasteiger partial charge in [0.15, 0.2) is 0 Å². The quantitative estimate of drug-likeness (QED) is 0.371. The smallest absolute Gasteiger partial charge is 0.123 e. The lowest BCUT2D eigenvalue weighted by Gasteiger charge is -2.39. The minimum absolute atomic E-state index is 0.231. The standard InChI is InChI=1S/C29H39FN2/c1-4-28(32(23(2)3)21-19-24-10-6-5-7-11-24)18-20-29(22-31,25-12-8-9-13-25)26-14-16-27(30)17-15-26/h5-7,10-11,14-17,23,25,28H,4,8-9,12-13,18-21H2,1-3H3. The average Bonchev–Trinajstić information content (AvgIpc) is 3.35. The van der Waals surface area contributed by atoms with Crippen LogP contribution in [-0.4, -0.2) is 23.5 Å². The Morgan fingerprint density at radius 3 is 2.28 bits per heavy atom. The summed E-state index contributed by atoms with van der Waals surface area (Å²) in [5.74, 6) is 0.137. The van der Waals surface area contributed by atoms with Gasteiger partial charge in [-0.3, -0.25) is 4.90 Å². The molecule has 1 saturated carbocycles. The number of benzene rings is 2. The fourth-order valence-corrected chi connectivity index (χ4v) is 5.73. The molecule has 1 aliphatic rings. The van der Waals surface area contributed by atoms with E-state index in [-0.39, 0.29) is 5.82 Å². The fraction of sp³-hybridized carbons (Fsp3) is 0.552. The Labute approximate surface area is 194 Å². The molecule has 32 heavy (non-hydrogen) atoms. The first-order chi connectivity index (χ1) is 15.5. The Morgan fingerprint density at radius 1 is 1.06 bits per heavy atom. The summed E-state index contributed by atoms with van der Waals surface area (Å²) in [5, 5.41) is 10.5. The first-order valence-electron chi connectivity index (χ1n) is 12.5. The normalized spacial score (nSPS) is 17.4. The second-order valence-electron chi connectivity index (χ2n) is 9.74. The van der Waals surface area contributed by atoms with E-state index in [0.717, 1.165) is 50.6 Å². The molecule has 3 rings (SSSR count). The van der Waals surface area contributed by atoms with Crippen molar-refractivity contribution in [1.82, 2.24) is 4.90 Å². The number of nitriles is 1. The molecule has 2 aromatic rings. The summed E-state index contributed by atoms with van der Waals surface area (Å²) in [4.78, 5) is 2.62. The molecular formula is C29H39FN2. The van der Waals surface area contributed by atoms with E-state index in [2.05, 4.69) is 62.1 Å². The third kappa shape index (κ3) is 5.78. The van der Waals surface area contributed by atoms with Crippen molar-refractivity contribution in [3.05, 3.63) is 71.5 Å². The van der Waals surface area contributed by atoms with Gasteiger partial charge in [-0.15, -0.1) is 0 Å². The van der Waals surface area contributed by atoms with Crippen LogP contribution >= 0.6 is 0 Å². The fourth-order valence-electron chi connectivity index (χ4n) is 5.73. The Morgan fingerprint density at radius 2 is 1.72 bits per heavy atom. The Kier molecular flexibility index (Phi) is 8.88. The summed E-state index contributed by atoms with van der Waals surface area (Å²) in [6.45, 7) is 7.86. The van der Waals surface area contributed by atoms with Gasteiger partial charge in [-0.2, -0.15) is 5.26 Å². The lowest BCUT2D eigenvalue weighted by Crippen LogP contribution is -2.43. The van der Waals surface area contributed by atoms with E-state index in [4.69, 9.17) is 0 Å². The molecule has 2 unspecified atom stereocenters. The van der Waals surface area contributed by atoms with Crippen LogP contribution in [0.5, 0.6) is 0 Å². The summed E-state index contributed by atoms with van der Waals surface area (Å²) in [7, 11) is 0. The van der Waals surface area contributed by atoms with Gasteiger partial charge < -0.3 is 0 Å². The monoisotopic (exact) mass is 434 g/mol. The molecule has 0 aromatic heterocycles. The third-order valence-corrected chi connectivity index (χ3v) is 7.59. The van der Waals surface area contributed by atoms with Crippen molar-refractivity contribution in [3.8, 4) is 6.07 Å². The molecule has 0 heterocycles. The van der Waals surface area contributed by atoms with Crippen LogP contribution < -0.4 is 0 Å². The number of hydrogen-bond donors (Lipinski definition) is 0. The molecule has 0 radical (unpaired) electrons. The van der Waals surface area contributed by atoms with Crippen molar-refractivity contribution >= 4 is 0 Å². The van der Waals surface area contributed by atoms with Gasteiger partial charge in [0.25, 0.3) is 0 Å². The molecule has 1 fully saturated rings. The van der Waals surface area contributed by atoms with E-state index in [1.54, 1.807) is 0 Å². The molecule has 0 spiro atoms. The molecule has 2 nitrogen and oxygen atoms in total. The molecule has 2 aromatic carbocycles. The predicted molar refractivity (Wildman–Crippen MR) is 131 cm³/mol. The van der Waals surface area contributed by atoms with Gasteiger partial charge in [0.2, 0.25) is 0 Å². The van der Waals surface area contributed by atoms with Crippen LogP contribution in [0.25, 0.3) is 0 Å². The first-order valence-corrected chi connectivity index (χ1v) is 12.5. The second kappa shape index (κ2) is 11.6. The van der Waals surface area contributed by atoms with Crippen molar-refractivity contribution in [2.75, 3.05) is 6.54 Å². The van der Waals surface area contributed by atoms with Gasteiger partial charge in [0.1, 0.15) is 5.82 Å². The Balaban J connectivity index is 1.78. The van der Waals surface area contributed by atoms with Crippen molar-refractivity contribution in [2.24, 2.45) is 5.92 Å². The summed E-state index contributed by atoms with van der Waals surface area (Å²) in [5.41, 5.74) is 1.86. The zero-order valence-electron chi connectivity index (χ0n) is 20.1. The molecule has 0 N–H and O–H groups in total. The molecule has 0 saturated heterocycles. The minimum atomic E-state index is -0.514. The van der Waals surface area contributed by atoms with Crippen molar-refractivity contribution in [2.45, 2.75) is 89.6 Å². The topological polar surface area (TPSA) is 27.0 Å². The largest absolute Gasteiger partial charge is 0.298 e. The maximum absolute atomic E-state index is 13.7. The lowest BCUT2D eigenvalue weighted by molar-refractivity contribution is 0.131. The summed E-state index contributed by atoms with van der Waals surface area (Å²) >= 11 is 0. The van der Waals surface area contributed by atoms with E-state index in [1.807, 2.05) is 12.1 Å². The molecule has 0 aliphatic heterocycles. The highest BCUT2D eigenvalue weighted by Crippen LogP contribution is 2.45. The van der Waals surface area contributed by atoms with Crippen LogP contribution in [0, 0.1) is 23.1 Å². The molecule has 0 bridgehead atoms. The van der Waals surface area contributed by atoms with Crippen molar-refractivity contribution in [1.29, 1.82) is 5.26 Å². The van der Waals surface area contributed by atoms with Crippen molar-refractivity contribution in [3.63, 3.8) is 0 Å². The first kappa shape index (κ1) is 24.5.